The van der Waals surface area contributed by atoms with Gasteiger partial charge in [0.1, 0.15) is 0 Å². The number of nitrogens with zero attached hydrogens (tertiary/aromatic N) is 3. The maximum atomic E-state index is 12.8. The zero-order valence-corrected chi connectivity index (χ0v) is 16.1. The van der Waals surface area contributed by atoms with E-state index >= 15 is 0 Å². The number of hydrogen-bond donors (Lipinski definition) is 0. The average molecular weight is 360 g/mol. The van der Waals surface area contributed by atoms with E-state index < -0.39 is 0 Å². The quantitative estimate of drug-likeness (QED) is 0.754. The highest BCUT2D eigenvalue weighted by molar-refractivity contribution is 6.30. The molecular weight excluding hydrogens is 334 g/mol. The van der Waals surface area contributed by atoms with Crippen LogP contribution in [0.2, 0.25) is 5.02 Å². The minimum Gasteiger partial charge on any atom is -0.361 e. The lowest BCUT2D eigenvalue weighted by Crippen LogP contribution is -2.41. The van der Waals surface area contributed by atoms with Gasteiger partial charge >= 0.3 is 0 Å². The van der Waals surface area contributed by atoms with Crippen LogP contribution < -0.4 is 9.80 Å². The largest absolute Gasteiger partial charge is 0.361 e. The Morgan fingerprint density at radius 2 is 1.64 bits per heavy atom. The van der Waals surface area contributed by atoms with Gasteiger partial charge in [0.15, 0.2) is 0 Å². The van der Waals surface area contributed by atoms with Crippen LogP contribution in [0.5, 0.6) is 0 Å². The lowest BCUT2D eigenvalue weighted by molar-refractivity contribution is -0.117. The summed E-state index contributed by atoms with van der Waals surface area (Å²) in [7, 11) is 5.86. The zero-order chi connectivity index (χ0) is 18.4. The Kier molecular flexibility index (Phi) is 6.85. The third-order valence-electron chi connectivity index (χ3n) is 4.11. The van der Waals surface area contributed by atoms with Gasteiger partial charge in [0.2, 0.25) is 5.91 Å². The number of halogens is 1. The van der Waals surface area contributed by atoms with Crippen LogP contribution in [0.15, 0.2) is 48.5 Å². The summed E-state index contributed by atoms with van der Waals surface area (Å²) in [5.74, 6) is 0.0441. The molecule has 0 atom stereocenters. The summed E-state index contributed by atoms with van der Waals surface area (Å²) in [4.78, 5) is 18.7. The van der Waals surface area contributed by atoms with Crippen molar-refractivity contribution in [1.82, 2.24) is 4.90 Å². The van der Waals surface area contributed by atoms with Crippen molar-refractivity contribution in [1.29, 1.82) is 0 Å². The fourth-order valence-corrected chi connectivity index (χ4v) is 2.66. The van der Waals surface area contributed by atoms with Crippen LogP contribution in [0.1, 0.15) is 5.56 Å². The molecule has 0 saturated heterocycles. The first kappa shape index (κ1) is 19.3. The van der Waals surface area contributed by atoms with Crippen molar-refractivity contribution in [2.45, 2.75) is 6.92 Å². The lowest BCUT2D eigenvalue weighted by Gasteiger charge is -2.28. The van der Waals surface area contributed by atoms with Crippen molar-refractivity contribution in [3.05, 3.63) is 59.1 Å². The molecule has 0 aliphatic heterocycles. The maximum absolute atomic E-state index is 12.8. The van der Waals surface area contributed by atoms with Crippen molar-refractivity contribution in [3.63, 3.8) is 0 Å². The Labute approximate surface area is 155 Å². The maximum Gasteiger partial charge on any atom is 0.246 e. The van der Waals surface area contributed by atoms with E-state index in [9.17, 15) is 4.79 Å². The van der Waals surface area contributed by atoms with Crippen molar-refractivity contribution in [2.24, 2.45) is 0 Å². The summed E-state index contributed by atoms with van der Waals surface area (Å²) < 4.78 is 0. The van der Waals surface area contributed by atoms with Crippen molar-refractivity contribution in [3.8, 4) is 0 Å². The average Bonchev–Trinajstić information content (AvgIpc) is 2.58. The molecule has 0 aliphatic rings. The fraction of sp³-hybridized carbons (Fsp3) is 0.350. The SMILES string of the molecule is Cc1ccc(N(C)C(=O)CN(CCN(C)C)c2cccc(Cl)c2)cc1. The van der Waals surface area contributed by atoms with E-state index in [1.165, 1.54) is 5.56 Å². The zero-order valence-electron chi connectivity index (χ0n) is 15.4. The van der Waals surface area contributed by atoms with Gasteiger partial charge in [-0.05, 0) is 51.4 Å². The van der Waals surface area contributed by atoms with Gasteiger partial charge in [-0.2, -0.15) is 0 Å². The van der Waals surface area contributed by atoms with E-state index in [2.05, 4.69) is 9.80 Å². The minimum absolute atomic E-state index is 0.0441. The monoisotopic (exact) mass is 359 g/mol. The summed E-state index contributed by atoms with van der Waals surface area (Å²) in [6.07, 6.45) is 0. The number of amides is 1. The first-order chi connectivity index (χ1) is 11.9. The topological polar surface area (TPSA) is 26.8 Å². The molecule has 2 aromatic rings. The number of rotatable bonds is 7. The van der Waals surface area contributed by atoms with E-state index in [4.69, 9.17) is 11.6 Å². The summed E-state index contributed by atoms with van der Waals surface area (Å²) >= 11 is 6.13. The third kappa shape index (κ3) is 5.76. The van der Waals surface area contributed by atoms with Crippen LogP contribution in [0.25, 0.3) is 0 Å². The highest BCUT2D eigenvalue weighted by Crippen LogP contribution is 2.20. The van der Waals surface area contributed by atoms with Crippen LogP contribution in [-0.4, -0.2) is 51.6 Å². The molecule has 2 aromatic carbocycles. The molecule has 1 amide bonds. The van der Waals surface area contributed by atoms with Gasteiger partial charge in [0.25, 0.3) is 0 Å². The lowest BCUT2D eigenvalue weighted by atomic mass is 10.2. The molecule has 0 fully saturated rings. The van der Waals surface area contributed by atoms with Gasteiger partial charge in [0.05, 0.1) is 6.54 Å². The molecule has 0 saturated carbocycles. The van der Waals surface area contributed by atoms with E-state index in [1.54, 1.807) is 4.90 Å². The van der Waals surface area contributed by atoms with Crippen molar-refractivity contribution in [2.75, 3.05) is 50.6 Å². The molecule has 0 aromatic heterocycles. The van der Waals surface area contributed by atoms with E-state index in [0.717, 1.165) is 24.5 Å². The number of aryl methyl sites for hydroxylation is 1. The van der Waals surface area contributed by atoms with Gasteiger partial charge in [-0.25, -0.2) is 0 Å². The highest BCUT2D eigenvalue weighted by atomic mass is 35.5. The standard InChI is InChI=1S/C20H26ClN3O/c1-16-8-10-18(11-9-16)23(4)20(25)15-24(13-12-22(2)3)19-7-5-6-17(21)14-19/h5-11,14H,12-13,15H2,1-4H3. The summed E-state index contributed by atoms with van der Waals surface area (Å²) in [6, 6.07) is 15.6. The van der Waals surface area contributed by atoms with Gasteiger partial charge in [-0.3, -0.25) is 4.79 Å². The van der Waals surface area contributed by atoms with E-state index in [-0.39, 0.29) is 5.91 Å². The van der Waals surface area contributed by atoms with Crippen LogP contribution in [0, 0.1) is 6.92 Å². The Balaban J connectivity index is 2.14. The normalized spacial score (nSPS) is 10.8. The van der Waals surface area contributed by atoms with Crippen LogP contribution in [0.4, 0.5) is 11.4 Å². The Hall–Kier alpha value is -2.04. The molecule has 5 heteroatoms. The van der Waals surface area contributed by atoms with E-state index in [0.29, 0.717) is 11.6 Å². The summed E-state index contributed by atoms with van der Waals surface area (Å²) in [5, 5.41) is 0.673. The predicted octanol–water partition coefficient (Wildman–Crippen LogP) is 3.68. The molecule has 0 N–H and O–H groups in total. The molecule has 0 radical (unpaired) electrons. The first-order valence-corrected chi connectivity index (χ1v) is 8.73. The third-order valence-corrected chi connectivity index (χ3v) is 4.35. The Morgan fingerprint density at radius 1 is 0.960 bits per heavy atom. The van der Waals surface area contributed by atoms with Crippen LogP contribution in [-0.2, 0) is 4.79 Å². The van der Waals surface area contributed by atoms with Gasteiger partial charge < -0.3 is 14.7 Å². The van der Waals surface area contributed by atoms with Gasteiger partial charge in [0, 0.05) is 36.5 Å². The highest BCUT2D eigenvalue weighted by Gasteiger charge is 2.17. The molecular formula is C20H26ClN3O. The number of carbonyl (C=O) groups excluding carboxylic acids is 1. The second-order valence-electron chi connectivity index (χ2n) is 6.49. The Bertz CT molecular complexity index is 700. The molecule has 0 unspecified atom stereocenters. The number of anilines is 2. The summed E-state index contributed by atoms with van der Waals surface area (Å²) in [6.45, 7) is 3.95. The van der Waals surface area contributed by atoms with Crippen molar-refractivity contribution >= 4 is 28.9 Å². The number of hydrogen-bond acceptors (Lipinski definition) is 3. The van der Waals surface area contributed by atoms with Gasteiger partial charge in [-0.1, -0.05) is 35.4 Å². The second-order valence-corrected chi connectivity index (χ2v) is 6.93. The fourth-order valence-electron chi connectivity index (χ4n) is 2.47. The molecule has 0 aliphatic carbocycles. The number of benzene rings is 2. The predicted molar refractivity (Wildman–Crippen MR) is 107 cm³/mol. The molecule has 134 valence electrons. The molecule has 4 nitrogen and oxygen atoms in total. The number of carbonyl (C=O) groups is 1. The smallest absolute Gasteiger partial charge is 0.246 e. The first-order valence-electron chi connectivity index (χ1n) is 8.35. The molecule has 25 heavy (non-hydrogen) atoms. The molecule has 0 bridgehead atoms. The van der Waals surface area contributed by atoms with Crippen LogP contribution >= 0.6 is 11.6 Å². The molecule has 0 heterocycles. The van der Waals surface area contributed by atoms with Gasteiger partial charge in [-0.15, -0.1) is 0 Å². The second kappa shape index (κ2) is 8.88. The van der Waals surface area contributed by atoms with E-state index in [1.807, 2.05) is 76.6 Å². The van der Waals surface area contributed by atoms with Crippen molar-refractivity contribution < 1.29 is 4.79 Å². The summed E-state index contributed by atoms with van der Waals surface area (Å²) in [5.41, 5.74) is 3.03. The number of likely N-dealkylation sites (N-methyl/N-ethyl adjacent to an activating group) is 2. The molecule has 0 spiro atoms. The van der Waals surface area contributed by atoms with Crippen LogP contribution in [0.3, 0.4) is 0 Å². The molecule has 2 rings (SSSR count). The Morgan fingerprint density at radius 3 is 2.24 bits per heavy atom. The minimum atomic E-state index is 0.0441.